The molecule has 1 unspecified atom stereocenters. The topological polar surface area (TPSA) is 34.0 Å². The summed E-state index contributed by atoms with van der Waals surface area (Å²) in [6.45, 7) is 0. The number of fused-ring (bicyclic) bond motifs is 2. The van der Waals surface area contributed by atoms with E-state index in [0.717, 1.165) is 11.3 Å². The van der Waals surface area contributed by atoms with Gasteiger partial charge in [-0.25, -0.2) is 0 Å². The summed E-state index contributed by atoms with van der Waals surface area (Å²) in [5.41, 5.74) is 4.12. The lowest BCUT2D eigenvalue weighted by Crippen LogP contribution is -2.22. The van der Waals surface area contributed by atoms with E-state index >= 15 is 0 Å². The number of nitrogens with zero attached hydrogens (tertiary/aromatic N) is 1. The second kappa shape index (κ2) is 4.48. The molecule has 0 amide bonds. The van der Waals surface area contributed by atoms with Crippen LogP contribution in [0.2, 0.25) is 0 Å². The Balaban J connectivity index is 1.83. The van der Waals surface area contributed by atoms with E-state index in [9.17, 15) is 4.79 Å². The molecule has 2 aromatic carbocycles. The maximum Gasteiger partial charge on any atom is 0.167 e. The van der Waals surface area contributed by atoms with Gasteiger partial charge in [0.05, 0.1) is 6.04 Å². The third kappa shape index (κ3) is 1.85. The summed E-state index contributed by atoms with van der Waals surface area (Å²) in [4.78, 5) is 12.4. The SMILES string of the molecule is Cn1cc(C2CC(=O)c3ccccc3N2)c2ccccc21. The first-order valence-electron chi connectivity index (χ1n) is 7.17. The van der Waals surface area contributed by atoms with Crippen LogP contribution in [0.15, 0.2) is 54.7 Å². The standard InChI is InChI=1S/C18H16N2O/c1-20-11-14(12-6-3-5-9-17(12)20)16-10-18(21)13-7-2-4-8-15(13)19-16/h2-9,11,16,19H,10H2,1H3. The minimum Gasteiger partial charge on any atom is -0.377 e. The zero-order valence-electron chi connectivity index (χ0n) is 11.8. The van der Waals surface area contributed by atoms with Gasteiger partial charge in [0.15, 0.2) is 5.78 Å². The van der Waals surface area contributed by atoms with Crippen LogP contribution in [0.4, 0.5) is 5.69 Å². The Bertz CT molecular complexity index is 847. The zero-order valence-corrected chi connectivity index (χ0v) is 11.8. The molecule has 1 aliphatic rings. The van der Waals surface area contributed by atoms with E-state index in [1.54, 1.807) is 0 Å². The van der Waals surface area contributed by atoms with Gasteiger partial charge in [-0.05, 0) is 18.2 Å². The van der Waals surface area contributed by atoms with Crippen molar-refractivity contribution in [3.8, 4) is 0 Å². The molecule has 0 aliphatic carbocycles. The molecule has 3 aromatic rings. The molecule has 0 bridgehead atoms. The number of anilines is 1. The third-order valence-electron chi connectivity index (χ3n) is 4.25. The highest BCUT2D eigenvalue weighted by Crippen LogP contribution is 2.36. The fraction of sp³-hybridized carbons (Fsp3) is 0.167. The monoisotopic (exact) mass is 276 g/mol. The maximum atomic E-state index is 12.4. The normalized spacial score (nSPS) is 17.6. The summed E-state index contributed by atoms with van der Waals surface area (Å²) in [5, 5.41) is 4.73. The molecule has 1 atom stereocenters. The lowest BCUT2D eigenvalue weighted by Gasteiger charge is -2.26. The summed E-state index contributed by atoms with van der Waals surface area (Å²) < 4.78 is 2.12. The van der Waals surface area contributed by atoms with Gasteiger partial charge in [-0.15, -0.1) is 0 Å². The Labute approximate surface area is 123 Å². The van der Waals surface area contributed by atoms with Crippen LogP contribution in [0, 0.1) is 0 Å². The van der Waals surface area contributed by atoms with Crippen molar-refractivity contribution >= 4 is 22.4 Å². The molecule has 3 nitrogen and oxygen atoms in total. The Morgan fingerprint density at radius 1 is 1.10 bits per heavy atom. The number of hydrogen-bond acceptors (Lipinski definition) is 2. The van der Waals surface area contributed by atoms with Crippen LogP contribution >= 0.6 is 0 Å². The molecule has 0 saturated heterocycles. The van der Waals surface area contributed by atoms with E-state index in [2.05, 4.69) is 28.2 Å². The van der Waals surface area contributed by atoms with E-state index in [4.69, 9.17) is 0 Å². The predicted octanol–water partition coefficient (Wildman–Crippen LogP) is 3.92. The number of ketones is 1. The summed E-state index contributed by atoms with van der Waals surface area (Å²) in [7, 11) is 2.05. The second-order valence-electron chi connectivity index (χ2n) is 5.58. The molecule has 1 aromatic heterocycles. The number of aromatic nitrogens is 1. The Morgan fingerprint density at radius 2 is 1.86 bits per heavy atom. The minimum atomic E-state index is 0.0403. The van der Waals surface area contributed by atoms with E-state index in [-0.39, 0.29) is 11.8 Å². The van der Waals surface area contributed by atoms with Crippen LogP contribution in [0.25, 0.3) is 10.9 Å². The Morgan fingerprint density at radius 3 is 2.76 bits per heavy atom. The van der Waals surface area contributed by atoms with Gasteiger partial charge >= 0.3 is 0 Å². The largest absolute Gasteiger partial charge is 0.377 e. The fourth-order valence-electron chi connectivity index (χ4n) is 3.22. The zero-order chi connectivity index (χ0) is 14.4. The maximum absolute atomic E-state index is 12.4. The molecule has 1 aliphatic heterocycles. The lowest BCUT2D eigenvalue weighted by molar-refractivity contribution is 0.0972. The Kier molecular flexibility index (Phi) is 2.61. The van der Waals surface area contributed by atoms with Crippen molar-refractivity contribution in [2.75, 3.05) is 5.32 Å². The average Bonchev–Trinajstić information content (AvgIpc) is 2.85. The van der Waals surface area contributed by atoms with Gasteiger partial charge < -0.3 is 9.88 Å². The molecule has 4 rings (SSSR count). The van der Waals surface area contributed by atoms with Crippen LogP contribution < -0.4 is 5.32 Å². The van der Waals surface area contributed by atoms with E-state index in [1.807, 2.05) is 43.4 Å². The number of para-hydroxylation sites is 2. The van der Waals surface area contributed by atoms with E-state index < -0.39 is 0 Å². The molecule has 0 fully saturated rings. The summed E-state index contributed by atoms with van der Waals surface area (Å²) in [5.74, 6) is 0.210. The van der Waals surface area contributed by atoms with Gasteiger partial charge in [-0.2, -0.15) is 0 Å². The number of aryl methyl sites for hydroxylation is 1. The van der Waals surface area contributed by atoms with Crippen LogP contribution in [-0.4, -0.2) is 10.4 Å². The molecule has 21 heavy (non-hydrogen) atoms. The van der Waals surface area contributed by atoms with Gasteiger partial charge in [0.25, 0.3) is 0 Å². The number of carbonyl (C=O) groups excluding carboxylic acids is 1. The van der Waals surface area contributed by atoms with E-state index in [0.29, 0.717) is 6.42 Å². The molecular formula is C18H16N2O. The first-order valence-corrected chi connectivity index (χ1v) is 7.17. The molecule has 0 spiro atoms. The summed E-state index contributed by atoms with van der Waals surface area (Å²) in [6.07, 6.45) is 2.63. The first kappa shape index (κ1) is 12.2. The molecule has 2 heterocycles. The van der Waals surface area contributed by atoms with Gasteiger partial charge in [-0.3, -0.25) is 4.79 Å². The number of nitrogens with one attached hydrogen (secondary N) is 1. The van der Waals surface area contributed by atoms with Gasteiger partial charge in [0.2, 0.25) is 0 Å². The number of rotatable bonds is 1. The quantitative estimate of drug-likeness (QED) is 0.731. The summed E-state index contributed by atoms with van der Waals surface area (Å²) in [6, 6.07) is 16.1. The van der Waals surface area contributed by atoms with Gasteiger partial charge in [0.1, 0.15) is 0 Å². The molecule has 104 valence electrons. The van der Waals surface area contributed by atoms with Gasteiger partial charge in [0, 0.05) is 47.4 Å². The van der Waals surface area contributed by atoms with Crippen LogP contribution in [0.3, 0.4) is 0 Å². The Hall–Kier alpha value is -2.55. The molecule has 0 radical (unpaired) electrons. The van der Waals surface area contributed by atoms with Crippen LogP contribution in [-0.2, 0) is 7.05 Å². The highest BCUT2D eigenvalue weighted by molar-refractivity contribution is 6.04. The first-order chi connectivity index (χ1) is 10.2. The molecule has 0 saturated carbocycles. The van der Waals surface area contributed by atoms with Crippen molar-refractivity contribution in [3.05, 3.63) is 65.9 Å². The van der Waals surface area contributed by atoms with Crippen molar-refractivity contribution in [3.63, 3.8) is 0 Å². The smallest absolute Gasteiger partial charge is 0.167 e. The molecule has 1 N–H and O–H groups in total. The van der Waals surface area contributed by atoms with Crippen molar-refractivity contribution in [1.82, 2.24) is 4.57 Å². The van der Waals surface area contributed by atoms with Crippen molar-refractivity contribution in [2.24, 2.45) is 7.05 Å². The number of Topliss-reactive ketones (excluding diaryl/α,β-unsaturated/α-hetero) is 1. The third-order valence-corrected chi connectivity index (χ3v) is 4.25. The van der Waals surface area contributed by atoms with Crippen molar-refractivity contribution < 1.29 is 4.79 Å². The van der Waals surface area contributed by atoms with Crippen LogP contribution in [0.5, 0.6) is 0 Å². The highest BCUT2D eigenvalue weighted by Gasteiger charge is 2.27. The van der Waals surface area contributed by atoms with E-state index in [1.165, 1.54) is 16.5 Å². The highest BCUT2D eigenvalue weighted by atomic mass is 16.1. The fourth-order valence-corrected chi connectivity index (χ4v) is 3.22. The van der Waals surface area contributed by atoms with Crippen LogP contribution in [0.1, 0.15) is 28.4 Å². The average molecular weight is 276 g/mol. The summed E-state index contributed by atoms with van der Waals surface area (Å²) >= 11 is 0. The van der Waals surface area contributed by atoms with Gasteiger partial charge in [-0.1, -0.05) is 30.3 Å². The number of carbonyl (C=O) groups is 1. The van der Waals surface area contributed by atoms with Crippen molar-refractivity contribution in [2.45, 2.75) is 12.5 Å². The minimum absolute atomic E-state index is 0.0403. The van der Waals surface area contributed by atoms with Crippen molar-refractivity contribution in [1.29, 1.82) is 0 Å². The lowest BCUT2D eigenvalue weighted by atomic mass is 9.92. The number of hydrogen-bond donors (Lipinski definition) is 1. The number of benzene rings is 2. The molecular weight excluding hydrogens is 260 g/mol. The molecule has 3 heteroatoms. The predicted molar refractivity (Wildman–Crippen MR) is 84.7 cm³/mol. The second-order valence-corrected chi connectivity index (χ2v) is 5.58.